The minimum absolute atomic E-state index is 0.455. The van der Waals surface area contributed by atoms with E-state index in [1.807, 2.05) is 35.0 Å². The van der Waals surface area contributed by atoms with Crippen molar-refractivity contribution in [1.82, 2.24) is 14.7 Å². The SMILES string of the molecule is COc1ccc(CNC2CCC(Nc3ccn4cc(-c5cc(Cl)c(OC)cc5OC)nc4c3)CC2)cc1.O=C(O)C(F)(F)F.O=C(O)C(F)(F)F. The predicted molar refractivity (Wildman–Crippen MR) is 176 cm³/mol. The highest BCUT2D eigenvalue weighted by Crippen LogP contribution is 2.38. The number of imidazole rings is 1. The van der Waals surface area contributed by atoms with Crippen LogP contribution in [0.25, 0.3) is 16.9 Å². The number of carbonyl (C=O) groups is 2. The topological polar surface area (TPSA) is 144 Å². The van der Waals surface area contributed by atoms with Gasteiger partial charge in [0.25, 0.3) is 0 Å². The van der Waals surface area contributed by atoms with E-state index in [-0.39, 0.29) is 0 Å². The second-order valence-corrected chi connectivity index (χ2v) is 11.4. The predicted octanol–water partition coefficient (Wildman–Crippen LogP) is 7.46. The average Bonchev–Trinajstić information content (AvgIpc) is 3.51. The van der Waals surface area contributed by atoms with E-state index < -0.39 is 24.3 Å². The third kappa shape index (κ3) is 12.1. The van der Waals surface area contributed by atoms with Gasteiger partial charge in [-0.25, -0.2) is 14.6 Å². The molecule has 5 rings (SSSR count). The molecule has 0 radical (unpaired) electrons. The molecular weight excluding hydrogens is 714 g/mol. The summed E-state index contributed by atoms with van der Waals surface area (Å²) in [5, 5.41) is 22.2. The van der Waals surface area contributed by atoms with Crippen LogP contribution in [0.5, 0.6) is 17.2 Å². The van der Waals surface area contributed by atoms with Gasteiger partial charge in [-0.1, -0.05) is 23.7 Å². The Balaban J connectivity index is 0.000000424. The molecule has 1 fully saturated rings. The largest absolute Gasteiger partial charge is 0.497 e. The van der Waals surface area contributed by atoms with Gasteiger partial charge >= 0.3 is 24.3 Å². The molecule has 51 heavy (non-hydrogen) atoms. The summed E-state index contributed by atoms with van der Waals surface area (Å²) in [4.78, 5) is 22.6. The van der Waals surface area contributed by atoms with E-state index in [0.717, 1.165) is 60.6 Å². The van der Waals surface area contributed by atoms with Crippen LogP contribution in [0.1, 0.15) is 31.2 Å². The van der Waals surface area contributed by atoms with Crippen LogP contribution in [0.4, 0.5) is 32.0 Å². The van der Waals surface area contributed by atoms with Crippen molar-refractivity contribution < 1.29 is 60.4 Å². The summed E-state index contributed by atoms with van der Waals surface area (Å²) in [6.45, 7) is 0.885. The lowest BCUT2D eigenvalue weighted by Crippen LogP contribution is -2.36. The zero-order valence-electron chi connectivity index (χ0n) is 27.4. The third-order valence-corrected chi connectivity index (χ3v) is 7.84. The molecule has 0 bridgehead atoms. The maximum absolute atomic E-state index is 10.6. The quantitative estimate of drug-likeness (QED) is 0.127. The van der Waals surface area contributed by atoms with Crippen molar-refractivity contribution in [3.05, 3.63) is 71.5 Å². The third-order valence-electron chi connectivity index (χ3n) is 7.55. The van der Waals surface area contributed by atoms with Crippen molar-refractivity contribution in [2.24, 2.45) is 0 Å². The standard InChI is InChI=1S/C29H33ClN4O3.2C2HF3O2/c1-35-23-10-4-19(5-11-23)17-31-20-6-8-21(9-7-20)32-22-12-13-34-18-26(33-29(34)14-22)24-15-25(30)28(37-3)16-27(24)36-2;2*3-2(4,5)1(6)7/h4-5,10-16,18,20-21,31-32H,6-9,17H2,1-3H3;2*(H,6,7). The highest BCUT2D eigenvalue weighted by atomic mass is 35.5. The van der Waals surface area contributed by atoms with Crippen molar-refractivity contribution in [2.45, 2.75) is 56.7 Å². The Morgan fingerprint density at radius 2 is 1.39 bits per heavy atom. The van der Waals surface area contributed by atoms with Crippen molar-refractivity contribution in [2.75, 3.05) is 26.6 Å². The summed E-state index contributed by atoms with van der Waals surface area (Å²) in [6.07, 6.45) is -1.57. The van der Waals surface area contributed by atoms with Crippen LogP contribution >= 0.6 is 11.6 Å². The Bertz CT molecular complexity index is 1740. The van der Waals surface area contributed by atoms with Crippen LogP contribution in [0.2, 0.25) is 5.02 Å². The van der Waals surface area contributed by atoms with Gasteiger partial charge < -0.3 is 39.5 Å². The summed E-state index contributed by atoms with van der Waals surface area (Å²) < 4.78 is 81.6. The van der Waals surface area contributed by atoms with Gasteiger partial charge in [0.1, 0.15) is 22.9 Å². The first-order valence-electron chi connectivity index (χ1n) is 15.1. The Labute approximate surface area is 293 Å². The van der Waals surface area contributed by atoms with Crippen molar-refractivity contribution in [3.63, 3.8) is 0 Å². The van der Waals surface area contributed by atoms with E-state index in [4.69, 9.17) is 50.6 Å². The lowest BCUT2D eigenvalue weighted by molar-refractivity contribution is -0.193. The molecule has 2 aromatic heterocycles. The fourth-order valence-electron chi connectivity index (χ4n) is 4.94. The highest BCUT2D eigenvalue weighted by Gasteiger charge is 2.39. The number of alkyl halides is 6. The summed E-state index contributed by atoms with van der Waals surface area (Å²) in [6, 6.07) is 17.1. The number of carboxylic acids is 2. The minimum Gasteiger partial charge on any atom is -0.497 e. The first-order valence-corrected chi connectivity index (χ1v) is 15.5. The molecule has 4 N–H and O–H groups in total. The molecule has 11 nitrogen and oxygen atoms in total. The van der Waals surface area contributed by atoms with Crippen LogP contribution in [-0.2, 0) is 16.1 Å². The molecule has 0 atom stereocenters. The smallest absolute Gasteiger partial charge is 0.490 e. The summed E-state index contributed by atoms with van der Waals surface area (Å²) in [5.74, 6) is -3.38. The number of rotatable bonds is 9. The normalized spacial score (nSPS) is 15.8. The van der Waals surface area contributed by atoms with E-state index in [0.29, 0.717) is 28.6 Å². The monoisotopic (exact) mass is 748 g/mol. The molecule has 278 valence electrons. The van der Waals surface area contributed by atoms with Crippen molar-refractivity contribution in [3.8, 4) is 28.5 Å². The molecule has 1 aliphatic carbocycles. The molecule has 0 spiro atoms. The van der Waals surface area contributed by atoms with Gasteiger partial charge in [0.05, 0.1) is 32.0 Å². The minimum atomic E-state index is -5.08. The van der Waals surface area contributed by atoms with Gasteiger partial charge in [-0.3, -0.25) is 0 Å². The van der Waals surface area contributed by atoms with E-state index in [9.17, 15) is 26.3 Å². The Morgan fingerprint density at radius 1 is 0.843 bits per heavy atom. The van der Waals surface area contributed by atoms with Crippen molar-refractivity contribution >= 4 is 34.9 Å². The van der Waals surface area contributed by atoms with Gasteiger partial charge in [0.15, 0.2) is 0 Å². The maximum Gasteiger partial charge on any atom is 0.490 e. The van der Waals surface area contributed by atoms with Gasteiger partial charge in [-0.15, -0.1) is 0 Å². The van der Waals surface area contributed by atoms with E-state index >= 15 is 0 Å². The zero-order chi connectivity index (χ0) is 37.9. The van der Waals surface area contributed by atoms with Gasteiger partial charge in [-0.05, 0) is 55.5 Å². The number of pyridine rings is 1. The molecule has 1 saturated carbocycles. The van der Waals surface area contributed by atoms with Crippen LogP contribution in [0.15, 0.2) is 60.9 Å². The zero-order valence-corrected chi connectivity index (χ0v) is 28.2. The number of hydrogen-bond acceptors (Lipinski definition) is 8. The summed E-state index contributed by atoms with van der Waals surface area (Å²) in [5.41, 5.74) is 4.85. The van der Waals surface area contributed by atoms with Crippen molar-refractivity contribution in [1.29, 1.82) is 0 Å². The van der Waals surface area contributed by atoms with Crippen LogP contribution in [0, 0.1) is 0 Å². The molecular formula is C33H35ClF6N4O7. The molecule has 0 amide bonds. The molecule has 2 aromatic carbocycles. The Hall–Kier alpha value is -4.90. The number of methoxy groups -OCH3 is 3. The van der Waals surface area contributed by atoms with Crippen LogP contribution < -0.4 is 24.8 Å². The van der Waals surface area contributed by atoms with Gasteiger partial charge in [0.2, 0.25) is 0 Å². The summed E-state index contributed by atoms with van der Waals surface area (Å²) in [7, 11) is 4.92. The lowest BCUT2D eigenvalue weighted by atomic mass is 9.91. The van der Waals surface area contributed by atoms with E-state index in [1.54, 1.807) is 27.4 Å². The molecule has 0 saturated heterocycles. The summed E-state index contributed by atoms with van der Waals surface area (Å²) >= 11 is 6.38. The number of carboxylic acid groups (broad SMARTS) is 2. The lowest BCUT2D eigenvalue weighted by Gasteiger charge is -2.30. The van der Waals surface area contributed by atoms with Crippen LogP contribution in [0.3, 0.4) is 0 Å². The molecule has 18 heteroatoms. The number of ether oxygens (including phenoxy) is 3. The number of aliphatic carboxylic acids is 2. The number of fused-ring (bicyclic) bond motifs is 1. The molecule has 2 heterocycles. The number of hydrogen-bond donors (Lipinski definition) is 4. The van der Waals surface area contributed by atoms with E-state index in [1.165, 1.54) is 5.56 Å². The molecule has 4 aromatic rings. The fourth-order valence-corrected chi connectivity index (χ4v) is 5.19. The number of nitrogens with one attached hydrogen (secondary N) is 2. The van der Waals surface area contributed by atoms with Gasteiger partial charge in [-0.2, -0.15) is 26.3 Å². The Morgan fingerprint density at radius 3 is 1.90 bits per heavy atom. The average molecular weight is 749 g/mol. The Kier molecular flexibility index (Phi) is 14.2. The molecule has 0 unspecified atom stereocenters. The molecule has 1 aliphatic rings. The van der Waals surface area contributed by atoms with Gasteiger partial charge in [0, 0.05) is 54.4 Å². The number of aromatic nitrogens is 2. The maximum atomic E-state index is 10.6. The first-order chi connectivity index (χ1) is 23.9. The second kappa shape index (κ2) is 17.8. The highest BCUT2D eigenvalue weighted by molar-refractivity contribution is 6.32. The number of nitrogens with zero attached hydrogens (tertiary/aromatic N) is 2. The van der Waals surface area contributed by atoms with E-state index in [2.05, 4.69) is 34.9 Å². The molecule has 0 aliphatic heterocycles. The number of benzene rings is 2. The van der Waals surface area contributed by atoms with Crippen LogP contribution in [-0.4, -0.2) is 77.3 Å². The number of halogens is 7. The number of anilines is 1. The first kappa shape index (κ1) is 40.5. The fraction of sp³-hybridized carbons (Fsp3) is 0.364. The second-order valence-electron chi connectivity index (χ2n) is 11.0.